The van der Waals surface area contributed by atoms with Crippen molar-refractivity contribution in [2.45, 2.75) is 50.2 Å². The predicted octanol–water partition coefficient (Wildman–Crippen LogP) is 9.53. The first-order valence-corrected chi connectivity index (χ1v) is 28.2. The van der Waals surface area contributed by atoms with Crippen LogP contribution in [-0.2, 0) is 31.9 Å². The number of aromatic nitrogens is 7. The van der Waals surface area contributed by atoms with Crippen LogP contribution in [0.15, 0.2) is 89.8 Å². The van der Waals surface area contributed by atoms with Crippen molar-refractivity contribution >= 4 is 78.3 Å². The van der Waals surface area contributed by atoms with Crippen LogP contribution in [0.25, 0.3) is 0 Å². The maximum atomic E-state index is 14.3. The quantitative estimate of drug-likeness (QED) is 0.0644. The largest absolute Gasteiger partial charge is 0.467 e. The fourth-order valence-electron chi connectivity index (χ4n) is 7.68. The molecule has 1 saturated heterocycles. The van der Waals surface area contributed by atoms with Gasteiger partial charge in [-0.15, -0.1) is 15.2 Å². The number of aryl methyl sites for hydroxylation is 4. The second-order valence-electron chi connectivity index (χ2n) is 17.7. The number of anilines is 1. The molecule has 0 unspecified atom stereocenters. The number of ether oxygens (including phenoxy) is 5. The molecule has 1 aliphatic heterocycles. The first-order valence-electron chi connectivity index (χ1n) is 24.2. The van der Waals surface area contributed by atoms with Gasteiger partial charge in [-0.25, -0.2) is 22.3 Å². The van der Waals surface area contributed by atoms with Gasteiger partial charge in [0.05, 0.1) is 49.4 Å². The second kappa shape index (κ2) is 26.5. The predicted molar refractivity (Wildman–Crippen MR) is 292 cm³/mol. The van der Waals surface area contributed by atoms with E-state index < -0.39 is 66.5 Å². The number of hydrogen-bond acceptors (Lipinski definition) is 19. The number of hydrogen-bond donors (Lipinski definition) is 0. The van der Waals surface area contributed by atoms with Gasteiger partial charge in [-0.05, 0) is 93.1 Å². The maximum absolute atomic E-state index is 14.3. The lowest BCUT2D eigenvalue weighted by molar-refractivity contribution is 0.0413. The molecule has 4 heterocycles. The molecule has 9 rings (SSSR count). The van der Waals surface area contributed by atoms with Gasteiger partial charge < -0.3 is 32.8 Å². The van der Waals surface area contributed by atoms with Crippen LogP contribution in [0.3, 0.4) is 0 Å². The molecule has 434 valence electrons. The molecule has 7 aromatic rings. The molecule has 82 heavy (non-hydrogen) atoms. The van der Waals surface area contributed by atoms with Crippen LogP contribution < -0.4 is 27.4 Å². The second-order valence-corrected chi connectivity index (χ2v) is 22.4. The summed E-state index contributed by atoms with van der Waals surface area (Å²) >= 11 is 18.0. The van der Waals surface area contributed by atoms with Crippen molar-refractivity contribution in [3.8, 4) is 35.3 Å². The summed E-state index contributed by atoms with van der Waals surface area (Å²) in [6, 6.07) is 20.5. The third-order valence-corrected chi connectivity index (χ3v) is 15.4. The van der Waals surface area contributed by atoms with Crippen molar-refractivity contribution in [1.29, 1.82) is 0 Å². The lowest BCUT2D eigenvalue weighted by atomic mass is 10.0. The van der Waals surface area contributed by atoms with E-state index in [0.29, 0.717) is 50.0 Å². The van der Waals surface area contributed by atoms with Crippen molar-refractivity contribution in [3.63, 3.8) is 0 Å². The van der Waals surface area contributed by atoms with Crippen molar-refractivity contribution in [3.05, 3.63) is 151 Å². The van der Waals surface area contributed by atoms with Crippen LogP contribution in [0, 0.1) is 26.6 Å². The number of alkyl halides is 2. The van der Waals surface area contributed by atoms with E-state index in [1.54, 1.807) is 24.0 Å². The molecule has 0 bridgehead atoms. The van der Waals surface area contributed by atoms with Gasteiger partial charge in [0.2, 0.25) is 23.3 Å². The van der Waals surface area contributed by atoms with Gasteiger partial charge in [-0.2, -0.15) is 32.3 Å². The molecule has 2 fully saturated rings. The maximum Gasteiger partial charge on any atom is 0.415 e. The molecule has 2 aliphatic rings. The third kappa shape index (κ3) is 14.7. The fourth-order valence-corrected chi connectivity index (χ4v) is 9.96. The van der Waals surface area contributed by atoms with Crippen LogP contribution in [-0.4, -0.2) is 128 Å². The number of nitrogens with zero attached hydrogens (tertiary/aromatic N) is 9. The van der Waals surface area contributed by atoms with E-state index >= 15 is 0 Å². The fraction of sp³-hybridized carbons (Fsp3) is 0.288. The summed E-state index contributed by atoms with van der Waals surface area (Å²) in [5, 5.41) is 12.6. The molecule has 30 heteroatoms. The minimum absolute atomic E-state index is 0.00408. The first kappa shape index (κ1) is 61.9. The highest BCUT2D eigenvalue weighted by atomic mass is 35.5. The Labute approximate surface area is 483 Å². The number of carbonyl (C=O) groups excluding carboxylic acids is 3. The molecule has 22 nitrogen and oxygen atoms in total. The van der Waals surface area contributed by atoms with Crippen LogP contribution in [0.1, 0.15) is 73.2 Å². The summed E-state index contributed by atoms with van der Waals surface area (Å²) in [7, 11) is -4.76. The minimum Gasteiger partial charge on any atom is -0.467 e. The topological polar surface area (TPSA) is 264 Å². The molecule has 0 spiro atoms. The summed E-state index contributed by atoms with van der Waals surface area (Å²) < 4.78 is 122. The number of benzene rings is 4. The highest BCUT2D eigenvalue weighted by molar-refractivity contribution is 7.93. The van der Waals surface area contributed by atoms with Gasteiger partial charge in [-0.3, -0.25) is 13.9 Å². The highest BCUT2D eigenvalue weighted by Crippen LogP contribution is 2.47. The molecule has 0 atom stereocenters. The number of carbonyl (C=O) groups is 3. The standard InChI is InChI=1S/C19H16Cl2N2O4S.C19H20ClN3O4.C14H13F3N4O5S/c1-11-4-7-14(8-5-11)28(25,26)27-19-17(12(2)22-23(19)3)18(24)15-9-6-13(20)10-16(15)21;1-12-3-2-4-14(13-5-6-13)17(12)27-18-15(11-16(20)21-22-18)26-19(24)23-7-9-25-10-8-23;1-21(27(23,24)12(16)17)9-7(5-4-6-8(9)15)10(22)11-18-13(25-2)20-14(19-11)26-3/h4-10H,1-3H3;2-4,11,13H,5-10H2,1H3;4-6,12H,1-3H3. The third-order valence-electron chi connectivity index (χ3n) is 12.0. The summed E-state index contributed by atoms with van der Waals surface area (Å²) in [6.07, 6.45) is 1.80. The number of morpholine rings is 1. The van der Waals surface area contributed by atoms with E-state index in [1.165, 1.54) is 62.3 Å². The average molecular weight is 1240 g/mol. The zero-order chi connectivity index (χ0) is 59.8. The van der Waals surface area contributed by atoms with E-state index in [1.807, 2.05) is 26.0 Å². The molecular formula is C52H49Cl3F3N9O13S2. The monoisotopic (exact) mass is 1230 g/mol. The molecule has 1 amide bonds. The Kier molecular flexibility index (Phi) is 20.0. The van der Waals surface area contributed by atoms with Crippen molar-refractivity contribution in [2.24, 2.45) is 7.05 Å². The number of ketones is 2. The van der Waals surface area contributed by atoms with Gasteiger partial charge in [0, 0.05) is 43.8 Å². The summed E-state index contributed by atoms with van der Waals surface area (Å²) in [6.45, 7) is 7.33. The molecule has 1 saturated carbocycles. The van der Waals surface area contributed by atoms with Crippen LogP contribution >= 0.6 is 34.8 Å². The molecule has 3 aromatic heterocycles. The molecular weight excluding hydrogens is 1190 g/mol. The minimum atomic E-state index is -5.21. The summed E-state index contributed by atoms with van der Waals surface area (Å²) in [5.74, 6) is -5.83. The number of rotatable bonds is 16. The Balaban J connectivity index is 0.000000177. The summed E-state index contributed by atoms with van der Waals surface area (Å²) in [5.41, 5.74) is 2.09. The molecule has 0 N–H and O–H groups in total. The Bertz CT molecular complexity index is 3740. The molecule has 4 aromatic carbocycles. The van der Waals surface area contributed by atoms with E-state index in [0.717, 1.165) is 53.5 Å². The zero-order valence-corrected chi connectivity index (χ0v) is 48.3. The van der Waals surface area contributed by atoms with E-state index in [9.17, 15) is 44.4 Å². The Morgan fingerprint density at radius 2 is 1.45 bits per heavy atom. The normalized spacial score (nSPS) is 13.2. The first-order chi connectivity index (χ1) is 38.8. The number of sulfonamides is 1. The lowest BCUT2D eigenvalue weighted by Gasteiger charge is -2.26. The van der Waals surface area contributed by atoms with Gasteiger partial charge in [0.1, 0.15) is 22.0 Å². The van der Waals surface area contributed by atoms with E-state index in [-0.39, 0.29) is 60.0 Å². The number of methoxy groups -OCH3 is 2. The number of para-hydroxylation sites is 2. The Morgan fingerprint density at radius 1 is 0.805 bits per heavy atom. The number of amides is 1. The van der Waals surface area contributed by atoms with Gasteiger partial charge in [0.25, 0.3) is 15.9 Å². The van der Waals surface area contributed by atoms with Crippen molar-refractivity contribution in [1.82, 2.24) is 39.8 Å². The van der Waals surface area contributed by atoms with E-state index in [2.05, 4.69) is 36.3 Å². The highest BCUT2D eigenvalue weighted by Gasteiger charge is 2.35. The number of halogens is 6. The zero-order valence-electron chi connectivity index (χ0n) is 44.4. The average Bonchev–Trinajstić information content (AvgIpc) is 4.34. The van der Waals surface area contributed by atoms with E-state index in [4.69, 9.17) is 62.7 Å². The summed E-state index contributed by atoms with van der Waals surface area (Å²) in [4.78, 5) is 50.8. The molecule has 1 aliphatic carbocycles. The van der Waals surface area contributed by atoms with Crippen molar-refractivity contribution < 1.29 is 72.3 Å². The van der Waals surface area contributed by atoms with Gasteiger partial charge >= 0.3 is 34.0 Å². The van der Waals surface area contributed by atoms with Crippen LogP contribution in [0.4, 0.5) is 23.7 Å². The van der Waals surface area contributed by atoms with Crippen LogP contribution in [0.5, 0.6) is 35.3 Å². The Morgan fingerprint density at radius 3 is 2.06 bits per heavy atom. The smallest absolute Gasteiger partial charge is 0.415 e. The van der Waals surface area contributed by atoms with Gasteiger partial charge in [0.15, 0.2) is 10.9 Å². The Hall–Kier alpha value is -7.69. The molecule has 0 radical (unpaired) electrons. The van der Waals surface area contributed by atoms with Crippen LogP contribution in [0.2, 0.25) is 15.2 Å². The SMILES string of the molecule is COc1nc(OC)nc(C(=O)c2cccc(F)c2N(C)S(=O)(=O)C(F)F)n1.Cc1ccc(S(=O)(=O)Oc2c(C(=O)c3ccc(Cl)cc3Cl)c(C)nn2C)cc1.Cc1cccc(C2CC2)c1Oc1nnc(Cl)cc1OC(=O)N1CCOCC1. The van der Waals surface area contributed by atoms with Gasteiger partial charge in [-0.1, -0.05) is 76.8 Å². The lowest BCUT2D eigenvalue weighted by Crippen LogP contribution is -2.42. The van der Waals surface area contributed by atoms with Crippen molar-refractivity contribution in [2.75, 3.05) is 51.9 Å².